The van der Waals surface area contributed by atoms with Crippen LogP contribution in [-0.2, 0) is 6.42 Å². The lowest BCUT2D eigenvalue weighted by Gasteiger charge is -2.24. The molecule has 0 bridgehead atoms. The molecule has 2 nitrogen and oxygen atoms in total. The van der Waals surface area contributed by atoms with Crippen molar-refractivity contribution in [3.8, 4) is 11.4 Å². The maximum Gasteiger partial charge on any atom is 0.143 e. The van der Waals surface area contributed by atoms with Gasteiger partial charge in [-0.2, -0.15) is 0 Å². The maximum atomic E-state index is 13.8. The molecule has 0 amide bonds. The second-order valence-electron chi connectivity index (χ2n) is 4.66. The molecule has 0 fully saturated rings. The van der Waals surface area contributed by atoms with E-state index in [1.165, 1.54) is 18.2 Å². The number of halogens is 1. The van der Waals surface area contributed by atoms with Crippen LogP contribution in [0, 0.1) is 5.82 Å². The van der Waals surface area contributed by atoms with Gasteiger partial charge >= 0.3 is 0 Å². The molecule has 2 heterocycles. The molecule has 3 rings (SSSR count). The van der Waals surface area contributed by atoms with Crippen LogP contribution in [0.15, 0.2) is 30.5 Å². The fourth-order valence-corrected chi connectivity index (χ4v) is 2.62. The predicted octanol–water partition coefficient (Wildman–Crippen LogP) is 3.59. The van der Waals surface area contributed by atoms with Crippen molar-refractivity contribution in [2.45, 2.75) is 32.2 Å². The number of nitrogens with zero attached hydrogens (tertiary/aromatic N) is 2. The molecule has 0 saturated carbocycles. The van der Waals surface area contributed by atoms with E-state index in [1.807, 2.05) is 12.3 Å². The first-order valence-electron chi connectivity index (χ1n) is 6.08. The molecule has 1 aromatic heterocycles. The quantitative estimate of drug-likeness (QED) is 0.732. The summed E-state index contributed by atoms with van der Waals surface area (Å²) in [5, 5.41) is 0. The molecule has 1 atom stereocenters. The van der Waals surface area contributed by atoms with E-state index in [0.717, 1.165) is 18.7 Å². The average Bonchev–Trinajstić information content (AvgIpc) is 2.75. The van der Waals surface area contributed by atoms with Crippen LogP contribution >= 0.6 is 0 Å². The van der Waals surface area contributed by atoms with Gasteiger partial charge in [-0.1, -0.05) is 12.1 Å². The third-order valence-electron chi connectivity index (χ3n) is 3.48. The average molecular weight is 230 g/mol. The third kappa shape index (κ3) is 1.66. The Balaban J connectivity index is 2.17. The lowest BCUT2D eigenvalue weighted by atomic mass is 10.0. The number of aryl methyl sites for hydroxylation is 1. The molecular formula is C14H15FN2. The predicted molar refractivity (Wildman–Crippen MR) is 65.3 cm³/mol. The van der Waals surface area contributed by atoms with Crippen molar-refractivity contribution in [1.82, 2.24) is 9.55 Å². The highest BCUT2D eigenvalue weighted by molar-refractivity contribution is 5.57. The minimum Gasteiger partial charge on any atom is -0.325 e. The Kier molecular flexibility index (Phi) is 2.46. The van der Waals surface area contributed by atoms with Crippen molar-refractivity contribution in [2.75, 3.05) is 0 Å². The Bertz CT molecular complexity index is 545. The van der Waals surface area contributed by atoms with E-state index >= 15 is 0 Å². The van der Waals surface area contributed by atoms with E-state index in [2.05, 4.69) is 16.5 Å². The molecule has 1 aromatic carbocycles. The van der Waals surface area contributed by atoms with Crippen LogP contribution in [0.3, 0.4) is 0 Å². The van der Waals surface area contributed by atoms with Gasteiger partial charge in [0.05, 0.1) is 5.56 Å². The summed E-state index contributed by atoms with van der Waals surface area (Å²) in [5.74, 6) is 0.573. The van der Waals surface area contributed by atoms with Gasteiger partial charge in [0.2, 0.25) is 0 Å². The Morgan fingerprint density at radius 1 is 1.35 bits per heavy atom. The molecule has 0 aliphatic carbocycles. The first-order chi connectivity index (χ1) is 8.27. The second kappa shape index (κ2) is 3.99. The molecule has 0 spiro atoms. The van der Waals surface area contributed by atoms with E-state index < -0.39 is 0 Å². The Hall–Kier alpha value is -1.64. The fourth-order valence-electron chi connectivity index (χ4n) is 2.62. The molecule has 3 heteroatoms. The van der Waals surface area contributed by atoms with Crippen LogP contribution in [0.1, 0.15) is 31.5 Å². The smallest absolute Gasteiger partial charge is 0.143 e. The number of benzene rings is 1. The number of imidazole rings is 1. The SMILES string of the molecule is CC1CCCc2cnc(-c3ccccc3F)n21. The lowest BCUT2D eigenvalue weighted by Crippen LogP contribution is -2.15. The number of hydrogen-bond donors (Lipinski definition) is 0. The molecule has 88 valence electrons. The maximum absolute atomic E-state index is 13.8. The summed E-state index contributed by atoms with van der Waals surface area (Å²) in [4.78, 5) is 4.40. The Morgan fingerprint density at radius 2 is 2.18 bits per heavy atom. The molecule has 17 heavy (non-hydrogen) atoms. The fraction of sp³-hybridized carbons (Fsp3) is 0.357. The molecule has 1 aliphatic rings. The van der Waals surface area contributed by atoms with E-state index in [9.17, 15) is 4.39 Å². The summed E-state index contributed by atoms with van der Waals surface area (Å²) in [6.45, 7) is 2.18. The van der Waals surface area contributed by atoms with Crippen LogP contribution in [0.5, 0.6) is 0 Å². The molecule has 1 unspecified atom stereocenters. The highest BCUT2D eigenvalue weighted by atomic mass is 19.1. The summed E-state index contributed by atoms with van der Waals surface area (Å²) in [7, 11) is 0. The van der Waals surface area contributed by atoms with Crippen LogP contribution in [0.4, 0.5) is 4.39 Å². The number of fused-ring (bicyclic) bond motifs is 1. The second-order valence-corrected chi connectivity index (χ2v) is 4.66. The first-order valence-corrected chi connectivity index (χ1v) is 6.08. The largest absolute Gasteiger partial charge is 0.325 e. The summed E-state index contributed by atoms with van der Waals surface area (Å²) in [5.41, 5.74) is 1.83. The van der Waals surface area contributed by atoms with Gasteiger partial charge in [-0.25, -0.2) is 9.37 Å². The molecule has 0 saturated heterocycles. The van der Waals surface area contributed by atoms with Crippen molar-refractivity contribution >= 4 is 0 Å². The molecular weight excluding hydrogens is 215 g/mol. The topological polar surface area (TPSA) is 17.8 Å². The highest BCUT2D eigenvalue weighted by Crippen LogP contribution is 2.31. The summed E-state index contributed by atoms with van der Waals surface area (Å²) >= 11 is 0. The van der Waals surface area contributed by atoms with Crippen molar-refractivity contribution in [1.29, 1.82) is 0 Å². The van der Waals surface area contributed by atoms with Crippen LogP contribution in [-0.4, -0.2) is 9.55 Å². The standard InChI is InChI=1S/C14H15FN2/c1-10-5-4-6-11-9-16-14(17(10)11)12-7-2-3-8-13(12)15/h2-3,7-10H,4-6H2,1H3. The van der Waals surface area contributed by atoms with Crippen LogP contribution < -0.4 is 0 Å². The van der Waals surface area contributed by atoms with E-state index in [0.29, 0.717) is 11.6 Å². The van der Waals surface area contributed by atoms with Gasteiger partial charge in [0, 0.05) is 17.9 Å². The molecule has 2 aromatic rings. The van der Waals surface area contributed by atoms with E-state index in [-0.39, 0.29) is 5.82 Å². The van der Waals surface area contributed by atoms with Crippen molar-refractivity contribution in [3.05, 3.63) is 42.0 Å². The van der Waals surface area contributed by atoms with Gasteiger partial charge in [0.1, 0.15) is 11.6 Å². The Labute approximate surface area is 100 Å². The monoisotopic (exact) mass is 230 g/mol. The van der Waals surface area contributed by atoms with Crippen molar-refractivity contribution < 1.29 is 4.39 Å². The first kappa shape index (κ1) is 10.5. The normalized spacial score (nSPS) is 19.1. The third-order valence-corrected chi connectivity index (χ3v) is 3.48. The number of aromatic nitrogens is 2. The number of hydrogen-bond acceptors (Lipinski definition) is 1. The van der Waals surface area contributed by atoms with E-state index in [1.54, 1.807) is 12.1 Å². The van der Waals surface area contributed by atoms with Crippen molar-refractivity contribution in [2.24, 2.45) is 0 Å². The summed E-state index contributed by atoms with van der Waals surface area (Å²) in [6, 6.07) is 7.27. The summed E-state index contributed by atoms with van der Waals surface area (Å²) in [6.07, 6.45) is 5.28. The minimum atomic E-state index is -0.196. The van der Waals surface area contributed by atoms with E-state index in [4.69, 9.17) is 0 Å². The molecule has 1 aliphatic heterocycles. The minimum absolute atomic E-state index is 0.196. The Morgan fingerprint density at radius 3 is 3.00 bits per heavy atom. The van der Waals surface area contributed by atoms with Gasteiger partial charge in [0.15, 0.2) is 0 Å². The zero-order valence-electron chi connectivity index (χ0n) is 9.86. The highest BCUT2D eigenvalue weighted by Gasteiger charge is 2.21. The van der Waals surface area contributed by atoms with Crippen LogP contribution in [0.2, 0.25) is 0 Å². The van der Waals surface area contributed by atoms with Gasteiger partial charge in [-0.15, -0.1) is 0 Å². The number of rotatable bonds is 1. The zero-order chi connectivity index (χ0) is 11.8. The lowest BCUT2D eigenvalue weighted by molar-refractivity contribution is 0.435. The van der Waals surface area contributed by atoms with Gasteiger partial charge in [0.25, 0.3) is 0 Å². The molecule has 0 radical (unpaired) electrons. The zero-order valence-corrected chi connectivity index (χ0v) is 9.86. The van der Waals surface area contributed by atoms with Gasteiger partial charge < -0.3 is 4.57 Å². The van der Waals surface area contributed by atoms with Gasteiger partial charge in [-0.3, -0.25) is 0 Å². The van der Waals surface area contributed by atoms with Crippen LogP contribution in [0.25, 0.3) is 11.4 Å². The summed E-state index contributed by atoms with van der Waals surface area (Å²) < 4.78 is 16.0. The molecule has 0 N–H and O–H groups in total. The van der Waals surface area contributed by atoms with Crippen molar-refractivity contribution in [3.63, 3.8) is 0 Å². The van der Waals surface area contributed by atoms with Gasteiger partial charge in [-0.05, 0) is 38.3 Å².